The second kappa shape index (κ2) is 13.0. The zero-order valence-corrected chi connectivity index (χ0v) is 27.1. The van der Waals surface area contributed by atoms with Gasteiger partial charge < -0.3 is 30.0 Å². The third-order valence-corrected chi connectivity index (χ3v) is 11.4. The van der Waals surface area contributed by atoms with E-state index in [1.165, 1.54) is 28.8 Å². The second-order valence-corrected chi connectivity index (χ2v) is 15.5. The Kier molecular flexibility index (Phi) is 9.21. The van der Waals surface area contributed by atoms with E-state index in [9.17, 15) is 17.6 Å². The van der Waals surface area contributed by atoms with Crippen molar-refractivity contribution in [3.8, 4) is 5.75 Å². The molecule has 1 aliphatic carbocycles. The highest BCUT2D eigenvalue weighted by molar-refractivity contribution is 7.89. The highest BCUT2D eigenvalue weighted by atomic mass is 32.2. The van der Waals surface area contributed by atoms with Crippen LogP contribution < -0.4 is 15.8 Å². The van der Waals surface area contributed by atoms with Crippen LogP contribution in [-0.4, -0.2) is 75.1 Å². The SMILES string of the molecule is COc1cc(CC(CCN(CC(C)C)S(=O)(=O)c2ccc3nc(N)sc3c2)NC(=O)OC2C3COC4OC2CC4C3)ccc1F. The number of carbonyl (C=O) groups excluding carboxylic acids is 1. The largest absolute Gasteiger partial charge is 0.494 e. The third-order valence-electron chi connectivity index (χ3n) is 8.71. The number of sulfonamides is 1. The van der Waals surface area contributed by atoms with Crippen LogP contribution in [0, 0.1) is 23.6 Å². The summed E-state index contributed by atoms with van der Waals surface area (Å²) in [6.45, 7) is 4.78. The Morgan fingerprint density at radius 1 is 1.22 bits per heavy atom. The maximum Gasteiger partial charge on any atom is 0.407 e. The van der Waals surface area contributed by atoms with Crippen molar-refractivity contribution in [1.82, 2.24) is 14.6 Å². The van der Waals surface area contributed by atoms with Crippen molar-refractivity contribution in [3.05, 3.63) is 47.8 Å². The van der Waals surface area contributed by atoms with Crippen molar-refractivity contribution < 1.29 is 36.6 Å². The number of amides is 1. The Morgan fingerprint density at radius 2 is 2.04 bits per heavy atom. The Morgan fingerprint density at radius 3 is 2.82 bits per heavy atom. The van der Waals surface area contributed by atoms with Crippen LogP contribution in [0.25, 0.3) is 10.2 Å². The second-order valence-electron chi connectivity index (χ2n) is 12.5. The van der Waals surface area contributed by atoms with Gasteiger partial charge in [0.15, 0.2) is 23.0 Å². The van der Waals surface area contributed by atoms with Gasteiger partial charge in [0.1, 0.15) is 6.10 Å². The van der Waals surface area contributed by atoms with E-state index in [2.05, 4.69) is 10.3 Å². The molecule has 11 nitrogen and oxygen atoms in total. The van der Waals surface area contributed by atoms with Crippen LogP contribution in [0.15, 0.2) is 41.3 Å². The zero-order chi connectivity index (χ0) is 31.9. The number of aromatic nitrogens is 1. The maximum absolute atomic E-state index is 14.2. The first-order valence-corrected chi connectivity index (χ1v) is 17.5. The molecule has 3 aliphatic rings. The van der Waals surface area contributed by atoms with Crippen LogP contribution >= 0.6 is 11.3 Å². The summed E-state index contributed by atoms with van der Waals surface area (Å²) >= 11 is 1.23. The van der Waals surface area contributed by atoms with Gasteiger partial charge in [-0.05, 0) is 67.5 Å². The number of nitrogens with one attached hydrogen (secondary N) is 1. The normalized spacial score (nSPS) is 24.8. The van der Waals surface area contributed by atoms with E-state index in [-0.39, 0.29) is 54.4 Å². The van der Waals surface area contributed by atoms with Crippen molar-refractivity contribution in [2.24, 2.45) is 17.8 Å². The molecule has 3 fully saturated rings. The molecule has 14 heteroatoms. The van der Waals surface area contributed by atoms with Gasteiger partial charge in [-0.1, -0.05) is 31.3 Å². The van der Waals surface area contributed by atoms with Crippen molar-refractivity contribution in [3.63, 3.8) is 0 Å². The molecule has 2 aromatic carbocycles. The van der Waals surface area contributed by atoms with E-state index < -0.39 is 34.1 Å². The molecule has 3 heterocycles. The molecule has 1 saturated carbocycles. The van der Waals surface area contributed by atoms with Gasteiger partial charge in [0.2, 0.25) is 10.0 Å². The number of benzene rings is 2. The van der Waals surface area contributed by atoms with Crippen LogP contribution in [0.5, 0.6) is 5.75 Å². The van der Waals surface area contributed by atoms with E-state index in [0.29, 0.717) is 34.3 Å². The minimum Gasteiger partial charge on any atom is -0.494 e. The predicted octanol–water partition coefficient (Wildman–Crippen LogP) is 4.55. The molecule has 6 rings (SSSR count). The molecular formula is C31H39FN4O7S2. The van der Waals surface area contributed by atoms with Gasteiger partial charge in [-0.15, -0.1) is 0 Å². The van der Waals surface area contributed by atoms with Gasteiger partial charge in [0, 0.05) is 31.0 Å². The van der Waals surface area contributed by atoms with Crippen LogP contribution in [0.2, 0.25) is 0 Å². The molecule has 6 atom stereocenters. The standard InChI is InChI=1S/C31H39FN4O7S2/c1-17(2)15-36(45(38,39)22-5-7-24-27(14-22)44-30(33)35-24)9-8-21(10-18-4-6-23(32)25(11-18)40-3)34-31(37)43-28-20-12-19-13-26(28)42-29(19)41-16-20/h4-7,11,14,17,19-21,26,28-29H,8-10,12-13,15-16H2,1-3H3,(H2,33,35)(H,34,37). The number of nitrogen functional groups attached to an aromatic ring is 1. The molecule has 6 unspecified atom stereocenters. The zero-order valence-electron chi connectivity index (χ0n) is 25.5. The Balaban J connectivity index is 1.21. The van der Waals surface area contributed by atoms with E-state index in [1.807, 2.05) is 13.8 Å². The number of thiazole rings is 1. The first kappa shape index (κ1) is 31.9. The number of methoxy groups -OCH3 is 1. The molecule has 45 heavy (non-hydrogen) atoms. The van der Waals surface area contributed by atoms with Crippen molar-refractivity contribution >= 4 is 42.8 Å². The molecule has 1 amide bonds. The summed E-state index contributed by atoms with van der Waals surface area (Å²) in [6.07, 6.45) is 0.792. The monoisotopic (exact) mass is 662 g/mol. The lowest BCUT2D eigenvalue weighted by Crippen LogP contribution is -2.48. The fourth-order valence-corrected chi connectivity index (χ4v) is 9.13. The van der Waals surface area contributed by atoms with E-state index in [4.69, 9.17) is 24.7 Å². The third kappa shape index (κ3) is 6.89. The predicted molar refractivity (Wildman–Crippen MR) is 167 cm³/mol. The van der Waals surface area contributed by atoms with Gasteiger partial charge in [0.05, 0.1) is 34.9 Å². The fourth-order valence-electron chi connectivity index (χ4n) is 6.64. The van der Waals surface area contributed by atoms with Crippen molar-refractivity contribution in [2.75, 3.05) is 32.5 Å². The molecule has 3 aromatic rings. The summed E-state index contributed by atoms with van der Waals surface area (Å²) in [7, 11) is -2.51. The summed E-state index contributed by atoms with van der Waals surface area (Å²) in [5, 5.41) is 3.34. The van der Waals surface area contributed by atoms with Gasteiger partial charge in [-0.3, -0.25) is 0 Å². The molecule has 0 spiro atoms. The fraction of sp³-hybridized carbons (Fsp3) is 0.548. The molecule has 2 saturated heterocycles. The number of alkyl carbamates (subject to hydrolysis) is 1. The first-order chi connectivity index (χ1) is 21.5. The lowest BCUT2D eigenvalue weighted by Gasteiger charge is -2.36. The number of hydrogen-bond donors (Lipinski definition) is 2. The average Bonchev–Trinajstić information content (AvgIpc) is 3.52. The number of hydrogen-bond acceptors (Lipinski definition) is 10. The molecule has 0 radical (unpaired) electrons. The molecule has 3 bridgehead atoms. The number of ether oxygens (including phenoxy) is 4. The minimum atomic E-state index is -3.90. The summed E-state index contributed by atoms with van der Waals surface area (Å²) < 4.78 is 67.0. The summed E-state index contributed by atoms with van der Waals surface area (Å²) in [5.41, 5.74) is 7.20. The highest BCUT2D eigenvalue weighted by Crippen LogP contribution is 2.46. The Bertz CT molecular complexity index is 1640. The summed E-state index contributed by atoms with van der Waals surface area (Å²) in [6, 6.07) is 8.78. The Labute approximate surface area is 266 Å². The van der Waals surface area contributed by atoms with Gasteiger partial charge in [0.25, 0.3) is 0 Å². The van der Waals surface area contributed by atoms with Crippen molar-refractivity contribution in [2.45, 2.75) is 69.0 Å². The first-order valence-electron chi connectivity index (χ1n) is 15.2. The van der Waals surface area contributed by atoms with Gasteiger partial charge in [-0.25, -0.2) is 22.6 Å². The van der Waals surface area contributed by atoms with Crippen molar-refractivity contribution in [1.29, 1.82) is 0 Å². The lowest BCUT2D eigenvalue weighted by atomic mass is 9.78. The molecule has 1 aromatic heterocycles. The van der Waals surface area contributed by atoms with Gasteiger partial charge >= 0.3 is 6.09 Å². The summed E-state index contributed by atoms with van der Waals surface area (Å²) in [5.74, 6) is 0.0299. The maximum atomic E-state index is 14.2. The smallest absolute Gasteiger partial charge is 0.407 e. The van der Waals surface area contributed by atoms with Crippen LogP contribution in [-0.2, 0) is 30.7 Å². The lowest BCUT2D eigenvalue weighted by molar-refractivity contribution is -0.153. The topological polar surface area (TPSA) is 142 Å². The molecule has 2 aliphatic heterocycles. The number of carbonyl (C=O) groups is 1. The minimum absolute atomic E-state index is 0.0410. The number of fused-ring (bicyclic) bond motifs is 3. The number of halogens is 1. The molecule has 244 valence electrons. The average molecular weight is 663 g/mol. The van der Waals surface area contributed by atoms with E-state index in [0.717, 1.165) is 18.4 Å². The van der Waals surface area contributed by atoms with Crippen LogP contribution in [0.1, 0.15) is 38.7 Å². The quantitative estimate of drug-likeness (QED) is 0.286. The van der Waals surface area contributed by atoms with Gasteiger partial charge in [-0.2, -0.15) is 4.31 Å². The summed E-state index contributed by atoms with van der Waals surface area (Å²) in [4.78, 5) is 17.7. The highest BCUT2D eigenvalue weighted by Gasteiger charge is 2.53. The molecular weight excluding hydrogens is 623 g/mol. The van der Waals surface area contributed by atoms with Crippen LogP contribution in [0.3, 0.4) is 0 Å². The van der Waals surface area contributed by atoms with E-state index in [1.54, 1.807) is 30.3 Å². The Hall–Kier alpha value is -3.04. The number of rotatable bonds is 12. The van der Waals surface area contributed by atoms with E-state index >= 15 is 0 Å². The number of anilines is 1. The molecule has 3 N–H and O–H groups in total. The van der Waals surface area contributed by atoms with Crippen LogP contribution in [0.4, 0.5) is 14.3 Å². The number of nitrogens with zero attached hydrogens (tertiary/aromatic N) is 2. The number of nitrogens with two attached hydrogens (primary N) is 1.